The fourth-order valence-corrected chi connectivity index (χ4v) is 6.78. The molecule has 5 heteroatoms. The normalized spacial score (nSPS) is 25.1. The number of rotatable bonds is 5. The number of benzene rings is 3. The van der Waals surface area contributed by atoms with Gasteiger partial charge in [0.15, 0.2) is 11.6 Å². The summed E-state index contributed by atoms with van der Waals surface area (Å²) in [6.07, 6.45) is 4.94. The Morgan fingerprint density at radius 1 is 0.973 bits per heavy atom. The fourth-order valence-electron chi connectivity index (χ4n) is 6.78. The number of Topliss-reactive ketones (excluding diaryl/α,β-unsaturated/α-hetero) is 2. The van der Waals surface area contributed by atoms with Crippen molar-refractivity contribution in [3.05, 3.63) is 101 Å². The van der Waals surface area contributed by atoms with Gasteiger partial charge in [-0.15, -0.1) is 0 Å². The lowest BCUT2D eigenvalue weighted by molar-refractivity contribution is -0.127. The zero-order valence-corrected chi connectivity index (χ0v) is 21.3. The molecule has 3 heterocycles. The second-order valence-electron chi connectivity index (χ2n) is 10.8. The van der Waals surface area contributed by atoms with Crippen LogP contribution in [0.4, 0.5) is 11.4 Å². The van der Waals surface area contributed by atoms with E-state index in [1.165, 1.54) is 12.5 Å². The molecule has 0 aliphatic carbocycles. The van der Waals surface area contributed by atoms with Crippen molar-refractivity contribution in [3.8, 4) is 0 Å². The third-order valence-electron chi connectivity index (χ3n) is 8.10. The molecule has 1 spiro atoms. The van der Waals surface area contributed by atoms with Crippen molar-refractivity contribution in [1.29, 1.82) is 0 Å². The Balaban J connectivity index is 1.57. The molecular formula is C32H30N2O3. The SMILES string of the molecule is CC(=O)[C@@H]1N2c3ccccc3C=CC2[C@H](C(=O)c2ccc(CC(C)C)cc2)[C@]12C(=O)Nc1ccccc12. The Morgan fingerprint density at radius 2 is 1.68 bits per heavy atom. The monoisotopic (exact) mass is 490 g/mol. The molecule has 1 N–H and O–H groups in total. The second kappa shape index (κ2) is 8.55. The van der Waals surface area contributed by atoms with Crippen molar-refractivity contribution in [1.82, 2.24) is 0 Å². The van der Waals surface area contributed by atoms with E-state index < -0.39 is 23.4 Å². The maximum atomic E-state index is 14.5. The van der Waals surface area contributed by atoms with Crippen LogP contribution in [-0.2, 0) is 21.4 Å². The molecule has 1 saturated heterocycles. The number of nitrogens with zero attached hydrogens (tertiary/aromatic N) is 1. The minimum atomic E-state index is -1.34. The number of hydrogen-bond donors (Lipinski definition) is 1. The molecule has 37 heavy (non-hydrogen) atoms. The third kappa shape index (κ3) is 3.33. The predicted octanol–water partition coefficient (Wildman–Crippen LogP) is 5.45. The molecule has 0 bridgehead atoms. The van der Waals surface area contributed by atoms with Gasteiger partial charge in [-0.3, -0.25) is 14.4 Å². The highest BCUT2D eigenvalue weighted by atomic mass is 16.2. The first-order chi connectivity index (χ1) is 17.8. The van der Waals surface area contributed by atoms with Crippen LogP contribution in [0.3, 0.4) is 0 Å². The molecule has 3 aliphatic rings. The number of ketones is 2. The first-order valence-corrected chi connectivity index (χ1v) is 12.9. The largest absolute Gasteiger partial charge is 0.352 e. The van der Waals surface area contributed by atoms with Gasteiger partial charge in [-0.05, 0) is 48.1 Å². The molecule has 1 fully saturated rings. The van der Waals surface area contributed by atoms with Crippen LogP contribution in [0.15, 0.2) is 78.9 Å². The van der Waals surface area contributed by atoms with Crippen LogP contribution in [0.5, 0.6) is 0 Å². The summed E-state index contributed by atoms with van der Waals surface area (Å²) in [5.41, 5.74) is 3.61. The van der Waals surface area contributed by atoms with Gasteiger partial charge in [0.25, 0.3) is 0 Å². The van der Waals surface area contributed by atoms with Gasteiger partial charge in [-0.25, -0.2) is 0 Å². The van der Waals surface area contributed by atoms with Gasteiger partial charge in [-0.1, -0.05) is 86.7 Å². The third-order valence-corrected chi connectivity index (χ3v) is 8.10. The Labute approximate surface area is 217 Å². The van der Waals surface area contributed by atoms with Crippen molar-refractivity contribution in [2.75, 3.05) is 10.2 Å². The smallest absolute Gasteiger partial charge is 0.238 e. The fraction of sp³-hybridized carbons (Fsp3) is 0.281. The lowest BCUT2D eigenvalue weighted by Crippen LogP contribution is -2.54. The van der Waals surface area contributed by atoms with E-state index in [-0.39, 0.29) is 17.5 Å². The van der Waals surface area contributed by atoms with Gasteiger partial charge in [0.2, 0.25) is 5.91 Å². The molecule has 4 atom stereocenters. The number of carbonyl (C=O) groups excluding carboxylic acids is 3. The average Bonchev–Trinajstić information content (AvgIpc) is 3.36. The van der Waals surface area contributed by atoms with Gasteiger partial charge >= 0.3 is 0 Å². The van der Waals surface area contributed by atoms with Crippen molar-refractivity contribution < 1.29 is 14.4 Å². The molecular weight excluding hydrogens is 460 g/mol. The number of amides is 1. The van der Waals surface area contributed by atoms with Gasteiger partial charge in [0, 0.05) is 16.9 Å². The van der Waals surface area contributed by atoms with Crippen LogP contribution >= 0.6 is 0 Å². The van der Waals surface area contributed by atoms with Gasteiger partial charge in [0.05, 0.1) is 12.0 Å². The van der Waals surface area contributed by atoms with E-state index >= 15 is 0 Å². The topological polar surface area (TPSA) is 66.5 Å². The minimum Gasteiger partial charge on any atom is -0.352 e. The van der Waals surface area contributed by atoms with Gasteiger partial charge < -0.3 is 10.2 Å². The van der Waals surface area contributed by atoms with E-state index in [1.807, 2.05) is 89.8 Å². The van der Waals surface area contributed by atoms with Gasteiger partial charge in [0.1, 0.15) is 11.5 Å². The summed E-state index contributed by atoms with van der Waals surface area (Å²) >= 11 is 0. The Bertz CT molecular complexity index is 1450. The zero-order chi connectivity index (χ0) is 25.9. The van der Waals surface area contributed by atoms with Gasteiger partial charge in [-0.2, -0.15) is 0 Å². The number of anilines is 2. The number of nitrogens with one attached hydrogen (secondary N) is 1. The van der Waals surface area contributed by atoms with Crippen LogP contribution in [-0.4, -0.2) is 29.6 Å². The molecule has 1 unspecified atom stereocenters. The molecule has 186 valence electrons. The molecule has 1 amide bonds. The first-order valence-electron chi connectivity index (χ1n) is 12.9. The lowest BCUT2D eigenvalue weighted by atomic mass is 9.64. The Hall–Kier alpha value is -3.99. The van der Waals surface area contributed by atoms with Crippen molar-refractivity contribution >= 4 is 34.9 Å². The second-order valence-corrected chi connectivity index (χ2v) is 10.8. The maximum absolute atomic E-state index is 14.5. The van der Waals surface area contributed by atoms with Crippen LogP contribution in [0.1, 0.15) is 47.8 Å². The van der Waals surface area contributed by atoms with E-state index in [1.54, 1.807) is 0 Å². The summed E-state index contributed by atoms with van der Waals surface area (Å²) in [6.45, 7) is 5.87. The predicted molar refractivity (Wildman–Crippen MR) is 146 cm³/mol. The summed E-state index contributed by atoms with van der Waals surface area (Å²) in [5.74, 6) is -0.805. The zero-order valence-electron chi connectivity index (χ0n) is 21.3. The summed E-state index contributed by atoms with van der Waals surface area (Å²) < 4.78 is 0. The summed E-state index contributed by atoms with van der Waals surface area (Å²) in [6, 6.07) is 21.8. The van der Waals surface area contributed by atoms with Crippen molar-refractivity contribution in [2.24, 2.45) is 11.8 Å². The van der Waals surface area contributed by atoms with Crippen LogP contribution in [0.2, 0.25) is 0 Å². The van der Waals surface area contributed by atoms with E-state index in [0.29, 0.717) is 17.2 Å². The lowest BCUT2D eigenvalue weighted by Gasteiger charge is -2.36. The van der Waals surface area contributed by atoms with Crippen LogP contribution in [0, 0.1) is 11.8 Å². The number of hydrogen-bond acceptors (Lipinski definition) is 4. The highest BCUT2D eigenvalue weighted by Crippen LogP contribution is 2.57. The summed E-state index contributed by atoms with van der Waals surface area (Å²) in [5, 5.41) is 3.02. The van der Waals surface area contributed by atoms with Crippen LogP contribution in [0.25, 0.3) is 6.08 Å². The van der Waals surface area contributed by atoms with Crippen molar-refractivity contribution in [2.45, 2.75) is 44.7 Å². The summed E-state index contributed by atoms with van der Waals surface area (Å²) in [4.78, 5) is 44.1. The molecule has 3 aliphatic heterocycles. The minimum absolute atomic E-state index is 0.120. The molecule has 0 radical (unpaired) electrons. The maximum Gasteiger partial charge on any atom is 0.238 e. The van der Waals surface area contributed by atoms with Crippen molar-refractivity contribution in [3.63, 3.8) is 0 Å². The van der Waals surface area contributed by atoms with E-state index in [4.69, 9.17) is 0 Å². The highest BCUT2D eigenvalue weighted by molar-refractivity contribution is 6.17. The average molecular weight is 491 g/mol. The van der Waals surface area contributed by atoms with Crippen LogP contribution < -0.4 is 10.2 Å². The molecule has 0 saturated carbocycles. The number of fused-ring (bicyclic) bond motifs is 5. The first kappa shape index (κ1) is 23.4. The number of carbonyl (C=O) groups is 3. The molecule has 3 aromatic carbocycles. The highest BCUT2D eigenvalue weighted by Gasteiger charge is 2.70. The van der Waals surface area contributed by atoms with E-state index in [2.05, 4.69) is 19.2 Å². The molecule has 6 rings (SSSR count). The Morgan fingerprint density at radius 3 is 2.41 bits per heavy atom. The molecule has 3 aromatic rings. The molecule has 5 nitrogen and oxygen atoms in total. The number of para-hydroxylation sites is 2. The summed E-state index contributed by atoms with van der Waals surface area (Å²) in [7, 11) is 0. The van der Waals surface area contributed by atoms with E-state index in [0.717, 1.165) is 23.2 Å². The van der Waals surface area contributed by atoms with E-state index in [9.17, 15) is 14.4 Å². The molecule has 0 aromatic heterocycles. The standard InChI is InChI=1S/C32H30N2O3/c1-19(2)18-21-12-14-23(15-13-21)29(36)28-27-17-16-22-8-4-7-11-26(22)34(27)30(20(3)35)32(28)24-9-5-6-10-25(24)33-31(32)37/h4-17,19,27-28,30H,18H2,1-3H3,(H,33,37)/t27?,28-,30+,32+/m1/s1. The Kier molecular flexibility index (Phi) is 5.41. The quantitative estimate of drug-likeness (QED) is 0.483.